The lowest BCUT2D eigenvalue weighted by Crippen LogP contribution is -2.27. The van der Waals surface area contributed by atoms with Crippen LogP contribution in [0.5, 0.6) is 5.75 Å². The summed E-state index contributed by atoms with van der Waals surface area (Å²) in [5, 5.41) is 7.33. The monoisotopic (exact) mass is 445 g/mol. The van der Waals surface area contributed by atoms with E-state index in [9.17, 15) is 4.79 Å². The molecule has 160 valence electrons. The first-order valence-electron chi connectivity index (χ1n) is 10.2. The molecule has 1 amide bonds. The maximum Gasteiger partial charge on any atom is 0.310 e. The zero-order chi connectivity index (χ0) is 22.2. The smallest absolute Gasteiger partial charge is 0.310 e. The summed E-state index contributed by atoms with van der Waals surface area (Å²) in [5.74, 6) is 0.530. The molecule has 3 heterocycles. The zero-order valence-corrected chi connectivity index (χ0v) is 18.3. The Bertz CT molecular complexity index is 1350. The van der Waals surface area contributed by atoms with E-state index in [0.29, 0.717) is 22.8 Å². The molecule has 0 aliphatic carbocycles. The van der Waals surface area contributed by atoms with Crippen LogP contribution in [0.1, 0.15) is 39.7 Å². The Morgan fingerprint density at radius 3 is 2.75 bits per heavy atom. The highest BCUT2D eigenvalue weighted by Gasteiger charge is 2.36. The van der Waals surface area contributed by atoms with Gasteiger partial charge in [-0.15, -0.1) is 0 Å². The molecule has 0 bridgehead atoms. The highest BCUT2D eigenvalue weighted by molar-refractivity contribution is 6.30. The standard InChI is InChI=1S/C25H20ClN3O3/c1-15-6-3-7-16(12-15)19-14-20(29(28-19)25(30)22-10-5-11-32-22)18-13-17-8-4-9-21(31-2)23(17)27-24(18)26/h3-13,20H,14H2,1-2H3. The summed E-state index contributed by atoms with van der Waals surface area (Å²) in [4.78, 5) is 17.8. The second-order valence-electron chi connectivity index (χ2n) is 7.66. The number of hydrazone groups is 1. The quantitative estimate of drug-likeness (QED) is 0.373. The molecule has 0 radical (unpaired) electrons. The lowest BCUT2D eigenvalue weighted by atomic mass is 9.97. The van der Waals surface area contributed by atoms with E-state index in [-0.39, 0.29) is 11.7 Å². The van der Waals surface area contributed by atoms with Crippen LogP contribution in [0.25, 0.3) is 10.9 Å². The average molecular weight is 446 g/mol. The minimum Gasteiger partial charge on any atom is -0.494 e. The van der Waals surface area contributed by atoms with Crippen LogP contribution in [0.15, 0.2) is 76.4 Å². The minimum atomic E-state index is -0.418. The molecule has 5 rings (SSSR count). The van der Waals surface area contributed by atoms with Crippen LogP contribution >= 0.6 is 11.6 Å². The van der Waals surface area contributed by atoms with E-state index in [2.05, 4.69) is 11.1 Å². The first-order chi connectivity index (χ1) is 15.5. The van der Waals surface area contributed by atoms with E-state index in [1.165, 1.54) is 11.3 Å². The Labute approximate surface area is 190 Å². The summed E-state index contributed by atoms with van der Waals surface area (Å²) in [6.45, 7) is 2.03. The van der Waals surface area contributed by atoms with Gasteiger partial charge >= 0.3 is 5.91 Å². The van der Waals surface area contributed by atoms with Gasteiger partial charge in [-0.2, -0.15) is 5.10 Å². The second kappa shape index (κ2) is 8.13. The maximum atomic E-state index is 13.3. The van der Waals surface area contributed by atoms with Gasteiger partial charge in [0.2, 0.25) is 0 Å². The van der Waals surface area contributed by atoms with Gasteiger partial charge in [-0.25, -0.2) is 9.99 Å². The number of fused-ring (bicyclic) bond motifs is 1. The van der Waals surface area contributed by atoms with Crippen molar-refractivity contribution < 1.29 is 13.9 Å². The van der Waals surface area contributed by atoms with Crippen molar-refractivity contribution in [3.63, 3.8) is 0 Å². The van der Waals surface area contributed by atoms with Crippen molar-refractivity contribution in [1.82, 2.24) is 9.99 Å². The first-order valence-corrected chi connectivity index (χ1v) is 10.6. The van der Waals surface area contributed by atoms with E-state index in [1.54, 1.807) is 19.2 Å². The molecular formula is C25H20ClN3O3. The molecule has 0 spiro atoms. The molecule has 4 aromatic rings. The van der Waals surface area contributed by atoms with Gasteiger partial charge in [-0.3, -0.25) is 4.79 Å². The van der Waals surface area contributed by atoms with Crippen molar-refractivity contribution in [3.8, 4) is 5.75 Å². The predicted octanol–water partition coefficient (Wildman–Crippen LogP) is 5.79. The third-order valence-corrected chi connectivity index (χ3v) is 5.87. The second-order valence-corrected chi connectivity index (χ2v) is 8.02. The van der Waals surface area contributed by atoms with Gasteiger partial charge in [0.1, 0.15) is 16.4 Å². The number of benzene rings is 2. The van der Waals surface area contributed by atoms with Crippen molar-refractivity contribution in [2.75, 3.05) is 7.11 Å². The molecule has 0 saturated heterocycles. The first kappa shape index (κ1) is 20.3. The van der Waals surface area contributed by atoms with Gasteiger partial charge in [0.25, 0.3) is 0 Å². The molecular weight excluding hydrogens is 426 g/mol. The molecule has 6 nitrogen and oxygen atoms in total. The van der Waals surface area contributed by atoms with Crippen molar-refractivity contribution in [2.24, 2.45) is 5.10 Å². The normalized spacial score (nSPS) is 15.8. The average Bonchev–Trinajstić information content (AvgIpc) is 3.48. The van der Waals surface area contributed by atoms with Crippen molar-refractivity contribution >= 4 is 34.1 Å². The number of rotatable bonds is 4. The summed E-state index contributed by atoms with van der Waals surface area (Å²) in [6, 6.07) is 18.6. The lowest BCUT2D eigenvalue weighted by Gasteiger charge is -2.22. The molecule has 0 saturated carbocycles. The number of carbonyl (C=O) groups excluding carboxylic acids is 1. The van der Waals surface area contributed by atoms with Crippen molar-refractivity contribution in [3.05, 3.63) is 94.5 Å². The van der Waals surface area contributed by atoms with Gasteiger partial charge in [0.15, 0.2) is 5.76 Å². The number of aromatic nitrogens is 1. The Morgan fingerprint density at radius 1 is 1.16 bits per heavy atom. The molecule has 1 atom stereocenters. The van der Waals surface area contributed by atoms with Crippen LogP contribution in [-0.2, 0) is 0 Å². The number of hydrogen-bond donors (Lipinski definition) is 0. The van der Waals surface area contributed by atoms with E-state index in [0.717, 1.165) is 27.8 Å². The Balaban J connectivity index is 1.61. The summed E-state index contributed by atoms with van der Waals surface area (Å²) < 4.78 is 10.8. The number of hydrogen-bond acceptors (Lipinski definition) is 5. The minimum absolute atomic E-state index is 0.218. The van der Waals surface area contributed by atoms with Gasteiger partial charge in [-0.05, 0) is 36.8 Å². The van der Waals surface area contributed by atoms with Crippen LogP contribution in [0.3, 0.4) is 0 Å². The maximum absolute atomic E-state index is 13.3. The van der Waals surface area contributed by atoms with E-state index >= 15 is 0 Å². The van der Waals surface area contributed by atoms with Gasteiger partial charge in [0, 0.05) is 17.4 Å². The fraction of sp³-hybridized carbons (Fsp3) is 0.160. The summed E-state index contributed by atoms with van der Waals surface area (Å²) in [5.41, 5.74) is 4.29. The van der Waals surface area contributed by atoms with Crippen LogP contribution in [0, 0.1) is 6.92 Å². The predicted molar refractivity (Wildman–Crippen MR) is 123 cm³/mol. The number of carbonyl (C=O) groups is 1. The number of amides is 1. The Kier molecular flexibility index (Phi) is 5.15. The molecule has 2 aromatic heterocycles. The summed E-state index contributed by atoms with van der Waals surface area (Å²) in [6.07, 6.45) is 1.98. The molecule has 1 aliphatic rings. The number of aryl methyl sites for hydroxylation is 1. The highest BCUT2D eigenvalue weighted by atomic mass is 35.5. The van der Waals surface area contributed by atoms with E-state index < -0.39 is 6.04 Å². The number of nitrogens with zero attached hydrogens (tertiary/aromatic N) is 3. The molecule has 2 aromatic carbocycles. The van der Waals surface area contributed by atoms with Crippen LogP contribution < -0.4 is 4.74 Å². The van der Waals surface area contributed by atoms with Crippen LogP contribution in [-0.4, -0.2) is 28.7 Å². The summed E-state index contributed by atoms with van der Waals surface area (Å²) in [7, 11) is 1.60. The van der Waals surface area contributed by atoms with E-state index in [4.69, 9.17) is 25.9 Å². The number of para-hydroxylation sites is 1. The van der Waals surface area contributed by atoms with Crippen molar-refractivity contribution in [2.45, 2.75) is 19.4 Å². The van der Waals surface area contributed by atoms with Crippen LogP contribution in [0.4, 0.5) is 0 Å². The number of pyridine rings is 1. The third kappa shape index (κ3) is 3.52. The molecule has 7 heteroatoms. The van der Waals surface area contributed by atoms with E-state index in [1.807, 2.05) is 49.4 Å². The molecule has 0 N–H and O–H groups in total. The summed E-state index contributed by atoms with van der Waals surface area (Å²) >= 11 is 6.65. The Hall–Kier alpha value is -3.64. The fourth-order valence-electron chi connectivity index (χ4n) is 4.02. The van der Waals surface area contributed by atoms with Gasteiger partial charge < -0.3 is 9.15 Å². The van der Waals surface area contributed by atoms with Crippen molar-refractivity contribution in [1.29, 1.82) is 0 Å². The van der Waals surface area contributed by atoms with Gasteiger partial charge in [-0.1, -0.05) is 53.6 Å². The molecule has 1 unspecified atom stereocenters. The highest BCUT2D eigenvalue weighted by Crippen LogP contribution is 2.39. The molecule has 0 fully saturated rings. The fourth-order valence-corrected chi connectivity index (χ4v) is 4.28. The zero-order valence-electron chi connectivity index (χ0n) is 17.6. The number of methoxy groups -OCH3 is 1. The van der Waals surface area contributed by atoms with Gasteiger partial charge in [0.05, 0.1) is 25.1 Å². The molecule has 1 aliphatic heterocycles. The number of ether oxygens (including phenoxy) is 1. The SMILES string of the molecule is COc1cccc2cc(C3CC(c4cccc(C)c4)=NN3C(=O)c3ccco3)c(Cl)nc12. The number of halogens is 1. The Morgan fingerprint density at radius 2 is 2.00 bits per heavy atom. The lowest BCUT2D eigenvalue weighted by molar-refractivity contribution is 0.0678. The van der Waals surface area contributed by atoms with Crippen LogP contribution in [0.2, 0.25) is 5.15 Å². The largest absolute Gasteiger partial charge is 0.494 e. The third-order valence-electron chi connectivity index (χ3n) is 5.57. The molecule has 32 heavy (non-hydrogen) atoms. The topological polar surface area (TPSA) is 67.9 Å². The number of furan rings is 1.